The first-order valence-electron chi connectivity index (χ1n) is 4.73. The molecule has 2 N–H and O–H groups in total. The first-order chi connectivity index (χ1) is 7.19. The Kier molecular flexibility index (Phi) is 4.12. The number of para-hydroxylation sites is 1. The van der Waals surface area contributed by atoms with Gasteiger partial charge in [-0.15, -0.1) is 0 Å². The number of rotatable bonds is 4. The van der Waals surface area contributed by atoms with Crippen LogP contribution in [0.5, 0.6) is 11.5 Å². The van der Waals surface area contributed by atoms with Gasteiger partial charge in [0.1, 0.15) is 0 Å². The minimum Gasteiger partial charge on any atom is -0.493 e. The molecule has 82 valence electrons. The second-order valence-corrected chi connectivity index (χ2v) is 3.08. The molecule has 1 aromatic carbocycles. The van der Waals surface area contributed by atoms with Crippen LogP contribution in [0.3, 0.4) is 0 Å². The zero-order valence-corrected chi connectivity index (χ0v) is 8.95. The smallest absolute Gasteiger partial charge is 0.308 e. The van der Waals surface area contributed by atoms with Crippen LogP contribution < -0.4 is 15.2 Å². The summed E-state index contributed by atoms with van der Waals surface area (Å²) in [6.45, 7) is 1.86. The molecule has 0 saturated heterocycles. The molecule has 0 aliphatic rings. The molecule has 0 heterocycles. The quantitative estimate of drug-likeness (QED) is 0.596. The van der Waals surface area contributed by atoms with Crippen LogP contribution in [0.4, 0.5) is 0 Å². The molecule has 4 nitrogen and oxygen atoms in total. The topological polar surface area (TPSA) is 61.6 Å². The third-order valence-electron chi connectivity index (χ3n) is 1.94. The Hall–Kier alpha value is -1.55. The molecular formula is C11H15NO3. The Morgan fingerprint density at radius 1 is 1.47 bits per heavy atom. The number of benzene rings is 1. The van der Waals surface area contributed by atoms with Crippen molar-refractivity contribution in [2.75, 3.05) is 13.7 Å². The highest BCUT2D eigenvalue weighted by molar-refractivity contribution is 5.71. The van der Waals surface area contributed by atoms with Gasteiger partial charge >= 0.3 is 5.97 Å². The molecular weight excluding hydrogens is 194 g/mol. The minimum absolute atomic E-state index is 0.363. The largest absolute Gasteiger partial charge is 0.493 e. The van der Waals surface area contributed by atoms with Gasteiger partial charge < -0.3 is 15.2 Å². The summed E-state index contributed by atoms with van der Waals surface area (Å²) in [6, 6.07) is 5.46. The second-order valence-electron chi connectivity index (χ2n) is 3.08. The molecule has 0 unspecified atom stereocenters. The normalized spacial score (nSPS) is 9.80. The van der Waals surface area contributed by atoms with Crippen LogP contribution >= 0.6 is 0 Å². The highest BCUT2D eigenvalue weighted by Gasteiger charge is 2.11. The van der Waals surface area contributed by atoms with E-state index in [1.807, 2.05) is 12.1 Å². The fourth-order valence-electron chi connectivity index (χ4n) is 1.33. The van der Waals surface area contributed by atoms with Gasteiger partial charge in [-0.1, -0.05) is 12.1 Å². The van der Waals surface area contributed by atoms with E-state index in [-0.39, 0.29) is 5.97 Å². The van der Waals surface area contributed by atoms with Crippen LogP contribution in [0.2, 0.25) is 0 Å². The molecule has 0 aliphatic heterocycles. The number of methoxy groups -OCH3 is 1. The van der Waals surface area contributed by atoms with Crippen LogP contribution in [0, 0.1) is 0 Å². The fourth-order valence-corrected chi connectivity index (χ4v) is 1.33. The Morgan fingerprint density at radius 2 is 2.20 bits per heavy atom. The molecule has 0 aliphatic carbocycles. The van der Waals surface area contributed by atoms with E-state index in [0.717, 1.165) is 5.56 Å². The molecule has 0 amide bonds. The number of hydrogen-bond donors (Lipinski definition) is 1. The van der Waals surface area contributed by atoms with E-state index in [2.05, 4.69) is 0 Å². The van der Waals surface area contributed by atoms with Crippen molar-refractivity contribution in [1.82, 2.24) is 0 Å². The lowest BCUT2D eigenvalue weighted by molar-refractivity contribution is -0.132. The molecule has 0 radical (unpaired) electrons. The highest BCUT2D eigenvalue weighted by atomic mass is 16.6. The van der Waals surface area contributed by atoms with E-state index in [9.17, 15) is 4.79 Å². The van der Waals surface area contributed by atoms with Crippen LogP contribution in [0.15, 0.2) is 18.2 Å². The maximum Gasteiger partial charge on any atom is 0.308 e. The van der Waals surface area contributed by atoms with Crippen LogP contribution in [-0.2, 0) is 11.2 Å². The molecule has 0 atom stereocenters. The molecule has 0 aromatic heterocycles. The van der Waals surface area contributed by atoms with Crippen LogP contribution in [-0.4, -0.2) is 19.6 Å². The van der Waals surface area contributed by atoms with Gasteiger partial charge in [0.05, 0.1) is 7.11 Å². The summed E-state index contributed by atoms with van der Waals surface area (Å²) in [5.74, 6) is 0.659. The number of esters is 1. The fraction of sp³-hybridized carbons (Fsp3) is 0.364. The van der Waals surface area contributed by atoms with E-state index in [1.54, 1.807) is 6.07 Å². The summed E-state index contributed by atoms with van der Waals surface area (Å²) in [5, 5.41) is 0. The molecule has 15 heavy (non-hydrogen) atoms. The number of hydrogen-bond acceptors (Lipinski definition) is 4. The third-order valence-corrected chi connectivity index (χ3v) is 1.94. The molecule has 0 bridgehead atoms. The summed E-state index contributed by atoms with van der Waals surface area (Å²) in [7, 11) is 1.54. The van der Waals surface area contributed by atoms with Gasteiger partial charge in [-0.05, 0) is 19.0 Å². The van der Waals surface area contributed by atoms with Gasteiger partial charge in [0.15, 0.2) is 11.5 Å². The van der Waals surface area contributed by atoms with Crippen molar-refractivity contribution >= 4 is 5.97 Å². The Labute approximate surface area is 89.0 Å². The van der Waals surface area contributed by atoms with Crippen molar-refractivity contribution in [2.45, 2.75) is 13.3 Å². The van der Waals surface area contributed by atoms with Gasteiger partial charge in [0.2, 0.25) is 0 Å². The average Bonchev–Trinajstić information content (AvgIpc) is 2.20. The number of nitrogens with two attached hydrogens (primary N) is 1. The van der Waals surface area contributed by atoms with Gasteiger partial charge in [0.25, 0.3) is 0 Å². The molecule has 1 rings (SSSR count). The average molecular weight is 209 g/mol. The summed E-state index contributed by atoms with van der Waals surface area (Å²) in [5.41, 5.74) is 6.35. The molecule has 0 saturated carbocycles. The third kappa shape index (κ3) is 2.95. The predicted molar refractivity (Wildman–Crippen MR) is 57.1 cm³/mol. The van der Waals surface area contributed by atoms with Crippen molar-refractivity contribution in [3.8, 4) is 11.5 Å². The standard InChI is InChI=1S/C11H15NO3/c1-8(13)15-11-9(6-7-12)4-3-5-10(11)14-2/h3-5H,6-7,12H2,1-2H3. The SMILES string of the molecule is COc1cccc(CCN)c1OC(C)=O. The van der Waals surface area contributed by atoms with E-state index < -0.39 is 0 Å². The van der Waals surface area contributed by atoms with Gasteiger partial charge in [0, 0.05) is 12.5 Å². The van der Waals surface area contributed by atoms with Crippen molar-refractivity contribution in [3.05, 3.63) is 23.8 Å². The summed E-state index contributed by atoms with van der Waals surface area (Å²) in [4.78, 5) is 10.9. The zero-order chi connectivity index (χ0) is 11.3. The first-order valence-corrected chi connectivity index (χ1v) is 4.73. The van der Waals surface area contributed by atoms with E-state index in [4.69, 9.17) is 15.2 Å². The maximum atomic E-state index is 10.9. The molecule has 4 heteroatoms. The summed E-state index contributed by atoms with van der Waals surface area (Å²) >= 11 is 0. The second kappa shape index (κ2) is 5.36. The van der Waals surface area contributed by atoms with Crippen molar-refractivity contribution < 1.29 is 14.3 Å². The lowest BCUT2D eigenvalue weighted by Gasteiger charge is -2.12. The molecule has 0 spiro atoms. The van der Waals surface area contributed by atoms with Gasteiger partial charge in [-0.25, -0.2) is 0 Å². The minimum atomic E-state index is -0.363. The number of carbonyl (C=O) groups is 1. The first kappa shape index (κ1) is 11.5. The van der Waals surface area contributed by atoms with Crippen molar-refractivity contribution in [3.63, 3.8) is 0 Å². The lowest BCUT2D eigenvalue weighted by Crippen LogP contribution is -2.09. The monoisotopic (exact) mass is 209 g/mol. The Morgan fingerprint density at radius 3 is 2.73 bits per heavy atom. The summed E-state index contributed by atoms with van der Waals surface area (Å²) < 4.78 is 10.2. The van der Waals surface area contributed by atoms with E-state index >= 15 is 0 Å². The predicted octanol–water partition coefficient (Wildman–Crippen LogP) is 1.12. The number of ether oxygens (including phenoxy) is 2. The van der Waals surface area contributed by atoms with E-state index in [0.29, 0.717) is 24.5 Å². The molecule has 1 aromatic rings. The number of carbonyl (C=O) groups excluding carboxylic acids is 1. The Balaban J connectivity index is 3.08. The molecule has 0 fully saturated rings. The van der Waals surface area contributed by atoms with Gasteiger partial charge in [-0.2, -0.15) is 0 Å². The van der Waals surface area contributed by atoms with Crippen molar-refractivity contribution in [1.29, 1.82) is 0 Å². The van der Waals surface area contributed by atoms with Crippen molar-refractivity contribution in [2.24, 2.45) is 5.73 Å². The van der Waals surface area contributed by atoms with Crippen LogP contribution in [0.1, 0.15) is 12.5 Å². The maximum absolute atomic E-state index is 10.9. The highest BCUT2D eigenvalue weighted by Crippen LogP contribution is 2.31. The zero-order valence-electron chi connectivity index (χ0n) is 8.95. The van der Waals surface area contributed by atoms with Crippen LogP contribution in [0.25, 0.3) is 0 Å². The van der Waals surface area contributed by atoms with E-state index in [1.165, 1.54) is 14.0 Å². The lowest BCUT2D eigenvalue weighted by atomic mass is 10.1. The summed E-state index contributed by atoms with van der Waals surface area (Å²) in [6.07, 6.45) is 0.653. The van der Waals surface area contributed by atoms with Gasteiger partial charge in [-0.3, -0.25) is 4.79 Å². The Bertz CT molecular complexity index is 350.